The Labute approximate surface area is 119 Å². The molecule has 0 saturated carbocycles. The second-order valence-corrected chi connectivity index (χ2v) is 5.84. The van der Waals surface area contributed by atoms with Gasteiger partial charge in [0.05, 0.1) is 21.7 Å². The van der Waals surface area contributed by atoms with Crippen LogP contribution in [-0.4, -0.2) is 9.91 Å². The van der Waals surface area contributed by atoms with E-state index in [4.69, 9.17) is 0 Å². The fourth-order valence-electron chi connectivity index (χ4n) is 2.04. The molecule has 0 radical (unpaired) electrons. The zero-order valence-corrected chi connectivity index (χ0v) is 12.1. The Morgan fingerprint density at radius 2 is 2.15 bits per heavy atom. The van der Waals surface area contributed by atoms with Crippen LogP contribution >= 0.6 is 11.3 Å². The molecule has 5 nitrogen and oxygen atoms in total. The van der Waals surface area contributed by atoms with E-state index in [1.165, 1.54) is 18.2 Å². The first-order valence-corrected chi connectivity index (χ1v) is 6.85. The molecule has 0 aliphatic rings. The summed E-state index contributed by atoms with van der Waals surface area (Å²) in [6.45, 7) is 5.62. The molecule has 2 aromatic rings. The standard InChI is InChI=1S/C13H14FN3O2S/c1-7(12-8(2)20-9(3)16-12)15-13-10(14)5-4-6-11(13)17(18)19/h4-7,15H,1-3H3. The number of rotatable bonds is 4. The molecule has 2 rings (SSSR count). The third kappa shape index (κ3) is 2.77. The predicted molar refractivity (Wildman–Crippen MR) is 76.7 cm³/mol. The molecule has 0 bridgehead atoms. The van der Waals surface area contributed by atoms with Crippen LogP contribution in [0.3, 0.4) is 0 Å². The molecular formula is C13H14FN3O2S. The minimum Gasteiger partial charge on any atom is -0.369 e. The van der Waals surface area contributed by atoms with Gasteiger partial charge in [-0.2, -0.15) is 0 Å². The summed E-state index contributed by atoms with van der Waals surface area (Å²) >= 11 is 1.54. The van der Waals surface area contributed by atoms with Crippen molar-refractivity contribution in [3.05, 3.63) is 49.7 Å². The predicted octanol–water partition coefficient (Wildman–Crippen LogP) is 3.98. The quantitative estimate of drug-likeness (QED) is 0.684. The molecule has 20 heavy (non-hydrogen) atoms. The van der Waals surface area contributed by atoms with E-state index in [1.54, 1.807) is 18.3 Å². The minimum absolute atomic E-state index is 0.102. The molecule has 0 fully saturated rings. The lowest BCUT2D eigenvalue weighted by Gasteiger charge is -2.14. The molecule has 7 heteroatoms. The van der Waals surface area contributed by atoms with Crippen molar-refractivity contribution in [2.75, 3.05) is 5.32 Å². The van der Waals surface area contributed by atoms with Crippen molar-refractivity contribution < 1.29 is 9.31 Å². The van der Waals surface area contributed by atoms with E-state index in [0.717, 1.165) is 15.6 Å². The highest BCUT2D eigenvalue weighted by atomic mass is 32.1. The molecule has 1 aromatic carbocycles. The number of hydrogen-bond donors (Lipinski definition) is 1. The molecule has 0 aliphatic heterocycles. The molecule has 1 heterocycles. The molecule has 0 amide bonds. The lowest BCUT2D eigenvalue weighted by Crippen LogP contribution is -2.11. The van der Waals surface area contributed by atoms with Gasteiger partial charge in [0, 0.05) is 10.9 Å². The number of hydrogen-bond acceptors (Lipinski definition) is 5. The van der Waals surface area contributed by atoms with E-state index in [-0.39, 0.29) is 17.4 Å². The Morgan fingerprint density at radius 1 is 1.45 bits per heavy atom. The van der Waals surface area contributed by atoms with Gasteiger partial charge in [0.15, 0.2) is 5.82 Å². The molecular weight excluding hydrogens is 281 g/mol. The Kier molecular flexibility index (Phi) is 3.99. The van der Waals surface area contributed by atoms with Gasteiger partial charge >= 0.3 is 0 Å². The van der Waals surface area contributed by atoms with Gasteiger partial charge in [-0.1, -0.05) is 6.07 Å². The number of nitro groups is 1. The molecule has 1 aromatic heterocycles. The third-order valence-corrected chi connectivity index (χ3v) is 3.80. The van der Waals surface area contributed by atoms with Crippen molar-refractivity contribution in [2.24, 2.45) is 0 Å². The van der Waals surface area contributed by atoms with Gasteiger partial charge in [0.1, 0.15) is 5.69 Å². The molecule has 0 aliphatic carbocycles. The summed E-state index contributed by atoms with van der Waals surface area (Å²) in [5.74, 6) is -0.643. The summed E-state index contributed by atoms with van der Waals surface area (Å²) in [7, 11) is 0. The van der Waals surface area contributed by atoms with E-state index in [9.17, 15) is 14.5 Å². The van der Waals surface area contributed by atoms with Crippen molar-refractivity contribution in [1.29, 1.82) is 0 Å². The highest BCUT2D eigenvalue weighted by molar-refractivity contribution is 7.11. The summed E-state index contributed by atoms with van der Waals surface area (Å²) in [6.07, 6.45) is 0. The highest BCUT2D eigenvalue weighted by Gasteiger charge is 2.21. The van der Waals surface area contributed by atoms with Gasteiger partial charge in [-0.05, 0) is 26.8 Å². The van der Waals surface area contributed by atoms with Crippen molar-refractivity contribution in [3.63, 3.8) is 0 Å². The summed E-state index contributed by atoms with van der Waals surface area (Å²) < 4.78 is 13.8. The van der Waals surface area contributed by atoms with Gasteiger partial charge in [-0.3, -0.25) is 10.1 Å². The topological polar surface area (TPSA) is 68.1 Å². The maximum absolute atomic E-state index is 13.8. The van der Waals surface area contributed by atoms with E-state index in [2.05, 4.69) is 10.3 Å². The SMILES string of the molecule is Cc1nc(C(C)Nc2c(F)cccc2[N+](=O)[O-])c(C)s1. The van der Waals surface area contributed by atoms with E-state index in [0.29, 0.717) is 0 Å². The molecule has 106 valence electrons. The van der Waals surface area contributed by atoms with Gasteiger partial charge in [0.2, 0.25) is 0 Å². The number of benzene rings is 1. The van der Waals surface area contributed by atoms with Crippen molar-refractivity contribution in [3.8, 4) is 0 Å². The van der Waals surface area contributed by atoms with Crippen LogP contribution in [-0.2, 0) is 0 Å². The largest absolute Gasteiger partial charge is 0.369 e. The Bertz CT molecular complexity index is 657. The van der Waals surface area contributed by atoms with Crippen LogP contribution in [0.2, 0.25) is 0 Å². The van der Waals surface area contributed by atoms with Crippen LogP contribution in [0.25, 0.3) is 0 Å². The lowest BCUT2D eigenvalue weighted by atomic mass is 10.2. The molecule has 1 atom stereocenters. The zero-order valence-electron chi connectivity index (χ0n) is 11.3. The van der Waals surface area contributed by atoms with E-state index in [1.807, 2.05) is 13.8 Å². The molecule has 1 unspecified atom stereocenters. The van der Waals surface area contributed by atoms with Crippen LogP contribution in [0.5, 0.6) is 0 Å². The van der Waals surface area contributed by atoms with Crippen LogP contribution in [0, 0.1) is 29.8 Å². The summed E-state index contributed by atoms with van der Waals surface area (Å²) in [5.41, 5.74) is 0.404. The first-order valence-electron chi connectivity index (χ1n) is 6.03. The van der Waals surface area contributed by atoms with Crippen LogP contribution in [0.15, 0.2) is 18.2 Å². The number of thiazole rings is 1. The average molecular weight is 295 g/mol. The Hall–Kier alpha value is -2.02. The number of nitro benzene ring substituents is 1. The van der Waals surface area contributed by atoms with Gasteiger partial charge in [0.25, 0.3) is 5.69 Å². The van der Waals surface area contributed by atoms with Gasteiger partial charge in [-0.25, -0.2) is 9.37 Å². The third-order valence-electron chi connectivity index (χ3n) is 2.90. The first kappa shape index (κ1) is 14.4. The van der Waals surface area contributed by atoms with E-state index < -0.39 is 10.7 Å². The normalized spacial score (nSPS) is 12.2. The number of nitrogens with zero attached hydrogens (tertiary/aromatic N) is 2. The number of nitrogens with one attached hydrogen (secondary N) is 1. The molecule has 0 spiro atoms. The second kappa shape index (κ2) is 5.54. The van der Waals surface area contributed by atoms with Crippen LogP contribution in [0.4, 0.5) is 15.8 Å². The van der Waals surface area contributed by atoms with Crippen molar-refractivity contribution in [2.45, 2.75) is 26.8 Å². The Balaban J connectivity index is 2.35. The number of aromatic nitrogens is 1. The number of halogens is 1. The molecule has 1 N–H and O–H groups in total. The fourth-order valence-corrected chi connectivity index (χ4v) is 2.95. The first-order chi connectivity index (χ1) is 9.40. The highest BCUT2D eigenvalue weighted by Crippen LogP contribution is 2.32. The van der Waals surface area contributed by atoms with Crippen molar-refractivity contribution >= 4 is 22.7 Å². The van der Waals surface area contributed by atoms with Crippen molar-refractivity contribution in [1.82, 2.24) is 4.98 Å². The van der Waals surface area contributed by atoms with Crippen LogP contribution in [0.1, 0.15) is 28.5 Å². The van der Waals surface area contributed by atoms with Gasteiger partial charge < -0.3 is 5.32 Å². The van der Waals surface area contributed by atoms with Gasteiger partial charge in [-0.15, -0.1) is 11.3 Å². The van der Waals surface area contributed by atoms with Crippen LogP contribution < -0.4 is 5.32 Å². The monoisotopic (exact) mass is 295 g/mol. The number of para-hydroxylation sites is 1. The minimum atomic E-state index is -0.643. The number of anilines is 1. The summed E-state index contributed by atoms with van der Waals surface area (Å²) in [4.78, 5) is 15.7. The summed E-state index contributed by atoms with van der Waals surface area (Å²) in [6, 6.07) is 3.48. The Morgan fingerprint density at radius 3 is 2.70 bits per heavy atom. The van der Waals surface area contributed by atoms with E-state index >= 15 is 0 Å². The average Bonchev–Trinajstić information content (AvgIpc) is 2.70. The fraction of sp³-hybridized carbons (Fsp3) is 0.308. The smallest absolute Gasteiger partial charge is 0.295 e. The molecule has 0 saturated heterocycles. The summed E-state index contributed by atoms with van der Waals surface area (Å²) in [5, 5.41) is 14.7. The lowest BCUT2D eigenvalue weighted by molar-refractivity contribution is -0.384. The maximum atomic E-state index is 13.8. The zero-order chi connectivity index (χ0) is 14.9. The maximum Gasteiger partial charge on any atom is 0.295 e. The number of aryl methyl sites for hydroxylation is 2. The second-order valence-electron chi connectivity index (χ2n) is 4.43.